The molecule has 0 saturated heterocycles. The van der Waals surface area contributed by atoms with Gasteiger partial charge in [-0.2, -0.15) is 0 Å². The number of hydrogen-bond acceptors (Lipinski definition) is 8. The van der Waals surface area contributed by atoms with Crippen LogP contribution in [0.15, 0.2) is 181 Å². The van der Waals surface area contributed by atoms with Crippen molar-refractivity contribution in [3.8, 4) is 34.5 Å². The lowest BCUT2D eigenvalue weighted by Gasteiger charge is -2.25. The van der Waals surface area contributed by atoms with E-state index in [-0.39, 0.29) is 42.0 Å². The monoisotopic (exact) mass is 1110 g/mol. The van der Waals surface area contributed by atoms with Crippen molar-refractivity contribution in [2.45, 2.75) is 126 Å². The highest BCUT2D eigenvalue weighted by molar-refractivity contribution is 5.92. The minimum absolute atomic E-state index is 0.0298. The van der Waals surface area contributed by atoms with E-state index in [0.29, 0.717) is 67.0 Å². The molecule has 0 aliphatic heterocycles. The Balaban J connectivity index is 0.883. The first kappa shape index (κ1) is 58.4. The Kier molecular flexibility index (Phi) is 18.1. The summed E-state index contributed by atoms with van der Waals surface area (Å²) in [5.74, 6) is 4.21. The zero-order valence-corrected chi connectivity index (χ0v) is 50.0. The van der Waals surface area contributed by atoms with Crippen LogP contribution in [0.4, 0.5) is 0 Å². The molecule has 0 radical (unpaired) electrons. The molecule has 0 spiro atoms. The number of rotatable bonds is 21. The third-order valence-electron chi connectivity index (χ3n) is 15.6. The van der Waals surface area contributed by atoms with Crippen LogP contribution in [-0.4, -0.2) is 24.1 Å². The van der Waals surface area contributed by atoms with Crippen LogP contribution in [-0.2, 0) is 59.1 Å². The number of fused-ring (bicyclic) bond motifs is 3. The van der Waals surface area contributed by atoms with E-state index in [1.807, 2.05) is 103 Å². The van der Waals surface area contributed by atoms with Crippen LogP contribution >= 0.6 is 0 Å². The van der Waals surface area contributed by atoms with Crippen molar-refractivity contribution in [2.24, 2.45) is 22.7 Å². The molecule has 83 heavy (non-hydrogen) atoms. The Morgan fingerprint density at radius 3 is 1.61 bits per heavy atom. The Morgan fingerprint density at radius 2 is 1.05 bits per heavy atom. The number of aromatic amines is 1. The Hall–Kier alpha value is -7.85. The van der Waals surface area contributed by atoms with Crippen molar-refractivity contribution >= 4 is 22.9 Å². The second-order valence-corrected chi connectivity index (χ2v) is 25.5. The number of hydrogen-bond donors (Lipinski definition) is 2. The summed E-state index contributed by atoms with van der Waals surface area (Å²) in [6, 6.07) is 42.4. The highest BCUT2D eigenvalue weighted by Gasteiger charge is 2.23. The molecule has 2 N–H and O–H groups in total. The number of aromatic nitrogens is 1. The van der Waals surface area contributed by atoms with Gasteiger partial charge >= 0.3 is 0 Å². The van der Waals surface area contributed by atoms with Crippen molar-refractivity contribution in [1.29, 1.82) is 5.41 Å². The predicted molar refractivity (Wildman–Crippen MR) is 336 cm³/mol. The van der Waals surface area contributed by atoms with E-state index < -0.39 is 0 Å². The highest BCUT2D eigenvalue weighted by atomic mass is 16.5. The van der Waals surface area contributed by atoms with Gasteiger partial charge in [0.25, 0.3) is 0 Å². The van der Waals surface area contributed by atoms with Crippen LogP contribution < -0.4 is 18.9 Å². The summed E-state index contributed by atoms with van der Waals surface area (Å²) in [6.45, 7) is 23.1. The molecule has 1 aromatic heterocycles. The summed E-state index contributed by atoms with van der Waals surface area (Å²) in [4.78, 5) is 3.63. The standard InChI is InChI=1S/C74H82N2O7/c1-72(2,3)58-28-18-50(19-29-58)43-77-45-52-22-34-61(35-23-52)82-69-41-56(49-79-63-38-39-65-64-12-10-11-13-66(64)76-67(65)42-63)40-68(70(69)83-62-36-24-53(25-37-62)46-78-44-51-20-30-59(31-21-51)73(4,5)6)80-47-54-14-16-55(17-15-54)48-81-71(75)57-26-32-60(33-27-57)74(7,8)9/h10,12,14-18,20,22-42,50-51,75-76H,11,13,19,21,43-49H2,1-9H3. The van der Waals surface area contributed by atoms with E-state index in [4.69, 9.17) is 38.6 Å². The van der Waals surface area contributed by atoms with Crippen LogP contribution in [0.5, 0.6) is 34.5 Å². The number of aryl methyl sites for hydroxylation is 1. The molecule has 3 aliphatic carbocycles. The molecule has 0 saturated carbocycles. The number of allylic oxidation sites excluding steroid dienone is 7. The molecule has 2 unspecified atom stereocenters. The molecular weight excluding hydrogens is 1030 g/mol. The van der Waals surface area contributed by atoms with Gasteiger partial charge in [-0.1, -0.05) is 172 Å². The van der Waals surface area contributed by atoms with E-state index in [0.717, 1.165) is 70.3 Å². The number of nitrogens with one attached hydrogen (secondary N) is 2. The molecule has 9 nitrogen and oxygen atoms in total. The Morgan fingerprint density at radius 1 is 0.518 bits per heavy atom. The minimum atomic E-state index is 0.0298. The van der Waals surface area contributed by atoms with Gasteiger partial charge in [0.15, 0.2) is 11.5 Å². The SMILES string of the molecule is CC(C)(C)C1=CCC(COCc2ccc(Oc3cc(COc4ccc5c6c([nH]c5c4)CCC=C6)cc(OCc4ccc(COC(=N)c5ccc(C(C)(C)C)cc5)cc4)c3Oc3ccc(COCC4C=CC(C(C)(C)C)=CC4)cc3)cc2)C=C1. The lowest BCUT2D eigenvalue weighted by atomic mass is 9.82. The van der Waals surface area contributed by atoms with E-state index >= 15 is 0 Å². The highest BCUT2D eigenvalue weighted by Crippen LogP contribution is 2.45. The largest absolute Gasteiger partial charge is 0.489 e. The van der Waals surface area contributed by atoms with Gasteiger partial charge in [0.1, 0.15) is 37.1 Å². The van der Waals surface area contributed by atoms with E-state index in [2.05, 4.69) is 140 Å². The minimum Gasteiger partial charge on any atom is -0.489 e. The van der Waals surface area contributed by atoms with Gasteiger partial charge in [-0.25, -0.2) is 0 Å². The maximum absolute atomic E-state index is 8.63. The Bertz CT molecular complexity index is 3520. The summed E-state index contributed by atoms with van der Waals surface area (Å²) in [6.07, 6.45) is 22.2. The van der Waals surface area contributed by atoms with E-state index in [1.54, 1.807) is 0 Å². The van der Waals surface area contributed by atoms with Crippen LogP contribution in [0.3, 0.4) is 0 Å². The average molecular weight is 1110 g/mol. The first-order valence-corrected chi connectivity index (χ1v) is 29.5. The molecule has 9 heteroatoms. The predicted octanol–water partition coefficient (Wildman–Crippen LogP) is 18.8. The van der Waals surface area contributed by atoms with Crippen molar-refractivity contribution in [3.63, 3.8) is 0 Å². The smallest absolute Gasteiger partial charge is 0.213 e. The maximum atomic E-state index is 8.63. The summed E-state index contributed by atoms with van der Waals surface area (Å²) in [7, 11) is 0. The zero-order chi connectivity index (χ0) is 58.1. The van der Waals surface area contributed by atoms with Gasteiger partial charge in [-0.15, -0.1) is 0 Å². The van der Waals surface area contributed by atoms with Gasteiger partial charge in [0.05, 0.1) is 26.4 Å². The summed E-state index contributed by atoms with van der Waals surface area (Å²) in [5, 5.41) is 9.82. The molecule has 3 aliphatic rings. The molecular formula is C74H82N2O7. The maximum Gasteiger partial charge on any atom is 0.213 e. The lowest BCUT2D eigenvalue weighted by molar-refractivity contribution is 0.0996. The molecule has 430 valence electrons. The first-order valence-electron chi connectivity index (χ1n) is 29.5. The topological polar surface area (TPSA) is 104 Å². The third-order valence-corrected chi connectivity index (χ3v) is 15.6. The number of benzene rings is 6. The fraction of sp³-hybridized carbons (Fsp3) is 0.338. The second-order valence-electron chi connectivity index (χ2n) is 25.5. The summed E-state index contributed by atoms with van der Waals surface area (Å²) < 4.78 is 45.6. The van der Waals surface area contributed by atoms with Crippen molar-refractivity contribution < 1.29 is 33.2 Å². The normalized spacial score (nSPS) is 16.1. The molecule has 6 aromatic carbocycles. The first-order chi connectivity index (χ1) is 39.9. The van der Waals surface area contributed by atoms with Crippen molar-refractivity contribution in [2.75, 3.05) is 13.2 Å². The van der Waals surface area contributed by atoms with Gasteiger partial charge in [0, 0.05) is 45.6 Å². The molecule has 1 heterocycles. The summed E-state index contributed by atoms with van der Waals surface area (Å²) in [5.41, 5.74) is 13.4. The summed E-state index contributed by atoms with van der Waals surface area (Å²) >= 11 is 0. The van der Waals surface area contributed by atoms with E-state index in [1.165, 1.54) is 33.4 Å². The molecule has 2 atom stereocenters. The Labute approximate surface area is 492 Å². The molecule has 10 rings (SSSR count). The van der Waals surface area contributed by atoms with Crippen molar-refractivity contribution in [3.05, 3.63) is 231 Å². The number of ether oxygens (including phenoxy) is 7. The second kappa shape index (κ2) is 25.7. The average Bonchev–Trinajstić information content (AvgIpc) is 3.17. The third kappa shape index (κ3) is 15.6. The molecule has 0 bridgehead atoms. The van der Waals surface area contributed by atoms with Gasteiger partial charge < -0.3 is 38.1 Å². The fourth-order valence-corrected chi connectivity index (χ4v) is 10.5. The van der Waals surface area contributed by atoms with E-state index in [9.17, 15) is 0 Å². The van der Waals surface area contributed by atoms with Gasteiger partial charge in [-0.05, 0) is 147 Å². The van der Waals surface area contributed by atoms with Gasteiger partial charge in [0.2, 0.25) is 11.6 Å². The van der Waals surface area contributed by atoms with Crippen LogP contribution in [0.2, 0.25) is 0 Å². The molecule has 0 amide bonds. The van der Waals surface area contributed by atoms with Crippen LogP contribution in [0.25, 0.3) is 17.0 Å². The molecule has 7 aromatic rings. The van der Waals surface area contributed by atoms with Crippen LogP contribution in [0.1, 0.15) is 132 Å². The molecule has 0 fully saturated rings. The van der Waals surface area contributed by atoms with Crippen molar-refractivity contribution in [1.82, 2.24) is 4.98 Å². The van der Waals surface area contributed by atoms with Gasteiger partial charge in [-0.3, -0.25) is 5.41 Å². The fourth-order valence-electron chi connectivity index (χ4n) is 10.5. The number of H-pyrrole nitrogens is 1. The van der Waals surface area contributed by atoms with Crippen LogP contribution in [0, 0.1) is 28.1 Å². The zero-order valence-electron chi connectivity index (χ0n) is 50.0. The lowest BCUT2D eigenvalue weighted by Crippen LogP contribution is -2.14. The quantitative estimate of drug-likeness (QED) is 0.0546.